The van der Waals surface area contributed by atoms with E-state index in [1.807, 2.05) is 0 Å². The van der Waals surface area contributed by atoms with Crippen molar-refractivity contribution in [2.75, 3.05) is 0 Å². The van der Waals surface area contributed by atoms with Crippen molar-refractivity contribution in [2.24, 2.45) is 0 Å². The minimum atomic E-state index is 0.617. The number of aromatic nitrogens is 2. The third-order valence-corrected chi connectivity index (χ3v) is 10.6. The number of H-pyrrole nitrogens is 1. The predicted molar refractivity (Wildman–Crippen MR) is 202 cm³/mol. The Bertz CT molecular complexity index is 694. The highest BCUT2D eigenvalue weighted by Gasteiger charge is 2.25. The maximum Gasteiger partial charge on any atom is 0.257 e. The van der Waals surface area contributed by atoms with Crippen LogP contribution in [0.5, 0.6) is 0 Å². The van der Waals surface area contributed by atoms with Gasteiger partial charge in [0.25, 0.3) is 5.82 Å². The molecule has 1 rings (SSSR count). The summed E-state index contributed by atoms with van der Waals surface area (Å²) in [6, 6.07) is 0.617. The maximum atomic E-state index is 3.73. The fourth-order valence-corrected chi connectivity index (χ4v) is 7.47. The molecule has 45 heavy (non-hydrogen) atoms. The van der Waals surface area contributed by atoms with Crippen LogP contribution in [0.4, 0.5) is 0 Å². The summed E-state index contributed by atoms with van der Waals surface area (Å²) >= 11 is 0. The predicted octanol–water partition coefficient (Wildman–Crippen LogP) is 15.3. The fraction of sp³-hybridized carbons (Fsp3) is 0.930. The first-order valence-electron chi connectivity index (χ1n) is 21.3. The van der Waals surface area contributed by atoms with Gasteiger partial charge in [-0.1, -0.05) is 213 Å². The van der Waals surface area contributed by atoms with E-state index in [9.17, 15) is 0 Å². The number of hydrogen-bond donors (Lipinski definition) is 1. The molecule has 0 aliphatic rings. The van der Waals surface area contributed by atoms with Gasteiger partial charge in [-0.25, -0.2) is 9.55 Å². The van der Waals surface area contributed by atoms with E-state index in [2.05, 4.69) is 49.6 Å². The van der Waals surface area contributed by atoms with Crippen LogP contribution in [0.25, 0.3) is 0 Å². The Balaban J connectivity index is 2.23. The third kappa shape index (κ3) is 25.0. The number of unbranched alkanes of at least 4 members (excludes halogenated alkanes) is 28. The number of hydrogen-bond acceptors (Lipinski definition) is 0. The lowest BCUT2D eigenvalue weighted by molar-refractivity contribution is -0.727. The van der Waals surface area contributed by atoms with E-state index in [0.717, 1.165) is 0 Å². The van der Waals surface area contributed by atoms with Crippen molar-refractivity contribution in [2.45, 2.75) is 258 Å². The highest BCUT2D eigenvalue weighted by atomic mass is 15.1. The van der Waals surface area contributed by atoms with Gasteiger partial charge in [-0.15, -0.1) is 0 Å². The molecule has 1 aromatic rings. The molecule has 1 N–H and O–H groups in total. The molecule has 0 fully saturated rings. The van der Waals surface area contributed by atoms with Crippen LogP contribution in [-0.2, 0) is 0 Å². The van der Waals surface area contributed by atoms with Crippen molar-refractivity contribution in [1.82, 2.24) is 4.98 Å². The topological polar surface area (TPSA) is 19.7 Å². The summed E-state index contributed by atoms with van der Waals surface area (Å²) in [4.78, 5) is 3.73. The Morgan fingerprint density at radius 2 is 0.733 bits per heavy atom. The second-order valence-corrected chi connectivity index (χ2v) is 15.1. The maximum absolute atomic E-state index is 3.73. The number of rotatable bonds is 36. The molecular formula is C43H85N2+. The summed E-state index contributed by atoms with van der Waals surface area (Å²) in [5.41, 5.74) is 0. The normalized spacial score (nSPS) is 13.1. The van der Waals surface area contributed by atoms with Crippen LogP contribution in [0.3, 0.4) is 0 Å². The van der Waals surface area contributed by atoms with Crippen molar-refractivity contribution in [1.29, 1.82) is 0 Å². The van der Waals surface area contributed by atoms with Gasteiger partial charge in [0.2, 0.25) is 0 Å². The lowest BCUT2D eigenvalue weighted by atomic mass is 9.92. The van der Waals surface area contributed by atoms with Crippen molar-refractivity contribution in [3.05, 3.63) is 18.2 Å². The lowest BCUT2D eigenvalue weighted by Crippen LogP contribution is -2.41. The molecule has 0 saturated carbocycles. The monoisotopic (exact) mass is 630 g/mol. The average molecular weight is 630 g/mol. The van der Waals surface area contributed by atoms with E-state index in [0.29, 0.717) is 12.0 Å². The van der Waals surface area contributed by atoms with Gasteiger partial charge in [0.15, 0.2) is 0 Å². The molecule has 2 atom stereocenters. The van der Waals surface area contributed by atoms with Crippen LogP contribution < -0.4 is 4.57 Å². The van der Waals surface area contributed by atoms with E-state index in [1.165, 1.54) is 224 Å². The zero-order chi connectivity index (χ0) is 32.5. The molecular weight excluding hydrogens is 544 g/mol. The van der Waals surface area contributed by atoms with E-state index in [1.54, 1.807) is 0 Å². The summed E-state index contributed by atoms with van der Waals surface area (Å²) in [6.07, 6.45) is 53.3. The van der Waals surface area contributed by atoms with Crippen LogP contribution in [0.1, 0.15) is 264 Å². The summed E-state index contributed by atoms with van der Waals surface area (Å²) in [7, 11) is 0. The van der Waals surface area contributed by atoms with Crippen LogP contribution in [-0.4, -0.2) is 4.98 Å². The van der Waals surface area contributed by atoms with Crippen LogP contribution in [0.15, 0.2) is 12.4 Å². The molecule has 0 bridgehead atoms. The first kappa shape index (κ1) is 42.2. The first-order valence-corrected chi connectivity index (χ1v) is 21.3. The number of nitrogens with one attached hydrogen (secondary N) is 1. The highest BCUT2D eigenvalue weighted by Crippen LogP contribution is 2.27. The first-order chi connectivity index (χ1) is 22.2. The van der Waals surface area contributed by atoms with Crippen molar-refractivity contribution >= 4 is 0 Å². The van der Waals surface area contributed by atoms with E-state index in [-0.39, 0.29) is 0 Å². The van der Waals surface area contributed by atoms with Gasteiger partial charge < -0.3 is 0 Å². The molecule has 0 spiro atoms. The van der Waals surface area contributed by atoms with Crippen molar-refractivity contribution < 1.29 is 4.57 Å². The van der Waals surface area contributed by atoms with Crippen molar-refractivity contribution in [3.63, 3.8) is 0 Å². The molecule has 0 radical (unpaired) electrons. The molecule has 2 unspecified atom stereocenters. The molecule has 0 saturated heterocycles. The second kappa shape index (κ2) is 33.1. The SMILES string of the molecule is CCCCCCCCCCCCCCCCCCC(CCCCCCCCCCCCCCC)c1[nH]cc[n+]1C(C)CCCC. The Morgan fingerprint density at radius 1 is 0.422 bits per heavy atom. The van der Waals surface area contributed by atoms with E-state index in [4.69, 9.17) is 0 Å². The van der Waals surface area contributed by atoms with E-state index < -0.39 is 0 Å². The van der Waals surface area contributed by atoms with Gasteiger partial charge >= 0.3 is 0 Å². The molecule has 0 aliphatic carbocycles. The second-order valence-electron chi connectivity index (χ2n) is 15.1. The number of nitrogens with zero attached hydrogens (tertiary/aromatic N) is 1. The third-order valence-electron chi connectivity index (χ3n) is 10.6. The quantitative estimate of drug-likeness (QED) is 0.0563. The molecule has 0 aromatic carbocycles. The Hall–Kier alpha value is -0.790. The van der Waals surface area contributed by atoms with Crippen LogP contribution in [0, 0.1) is 0 Å². The van der Waals surface area contributed by atoms with E-state index >= 15 is 0 Å². The largest absolute Gasteiger partial charge is 0.257 e. The lowest BCUT2D eigenvalue weighted by Gasteiger charge is -2.17. The molecule has 0 amide bonds. The standard InChI is InChI=1S/C43H84N2/c1-5-8-11-13-15-17-19-21-22-23-25-27-29-31-33-35-38-42(43-44-39-40-45(43)41(4)36-10-7-3)37-34-32-30-28-26-24-20-18-16-14-12-9-6-2/h39-42H,5-38H2,1-4H3/p+1. The van der Waals surface area contributed by atoms with Crippen molar-refractivity contribution in [3.8, 4) is 0 Å². The zero-order valence-electron chi connectivity index (χ0n) is 31.8. The van der Waals surface area contributed by atoms with Crippen LogP contribution in [0.2, 0.25) is 0 Å². The smallest absolute Gasteiger partial charge is 0.247 e. The summed E-state index contributed by atoms with van der Waals surface area (Å²) in [5, 5.41) is 0. The Labute approximate surface area is 285 Å². The van der Waals surface area contributed by atoms with Gasteiger partial charge in [-0.2, -0.15) is 0 Å². The molecule has 1 aromatic heterocycles. The molecule has 1 heterocycles. The number of imidazole rings is 1. The van der Waals surface area contributed by atoms with Crippen LogP contribution >= 0.6 is 0 Å². The molecule has 266 valence electrons. The minimum absolute atomic E-state index is 0.617. The highest BCUT2D eigenvalue weighted by molar-refractivity contribution is 4.90. The molecule has 2 heteroatoms. The van der Waals surface area contributed by atoms with Gasteiger partial charge in [-0.05, 0) is 32.6 Å². The zero-order valence-corrected chi connectivity index (χ0v) is 31.8. The molecule has 2 nitrogen and oxygen atoms in total. The van der Waals surface area contributed by atoms with Gasteiger partial charge in [-0.3, -0.25) is 0 Å². The summed E-state index contributed by atoms with van der Waals surface area (Å²) in [5.74, 6) is 2.24. The minimum Gasteiger partial charge on any atom is -0.247 e. The van der Waals surface area contributed by atoms with Gasteiger partial charge in [0.1, 0.15) is 12.4 Å². The molecule has 0 aliphatic heterocycles. The Kier molecular flexibility index (Phi) is 31.1. The van der Waals surface area contributed by atoms with Gasteiger partial charge in [0, 0.05) is 0 Å². The number of aromatic amines is 1. The van der Waals surface area contributed by atoms with Gasteiger partial charge in [0.05, 0.1) is 12.0 Å². The summed E-state index contributed by atoms with van der Waals surface area (Å²) in [6.45, 7) is 9.38. The Morgan fingerprint density at radius 3 is 1.07 bits per heavy atom. The fourth-order valence-electron chi connectivity index (χ4n) is 7.47. The summed E-state index contributed by atoms with van der Waals surface area (Å²) < 4.78 is 2.61. The average Bonchev–Trinajstić information content (AvgIpc) is 3.54.